The van der Waals surface area contributed by atoms with Gasteiger partial charge in [-0.2, -0.15) is 5.10 Å². The maximum atomic E-state index is 12.3. The predicted molar refractivity (Wildman–Crippen MR) is 101 cm³/mol. The average Bonchev–Trinajstić information content (AvgIpc) is 3.22. The highest BCUT2D eigenvalue weighted by Gasteiger charge is 2.27. The standard InChI is InChI=1S/C19H15ClN4O4/c20-12-5-1-2-6-14(12)24-10-9-13(23-24)18(25)21-22-19(26)17-11-27-15-7-3-4-8-16(15)28-17/h1-10,17H,11H2,(H,21,25)(H,22,26). The molecule has 28 heavy (non-hydrogen) atoms. The fraction of sp³-hybridized carbons (Fsp3) is 0.105. The molecule has 1 unspecified atom stereocenters. The highest BCUT2D eigenvalue weighted by molar-refractivity contribution is 6.32. The van der Waals surface area contributed by atoms with E-state index in [2.05, 4.69) is 16.0 Å². The van der Waals surface area contributed by atoms with Crippen LogP contribution in [-0.2, 0) is 4.79 Å². The summed E-state index contributed by atoms with van der Waals surface area (Å²) < 4.78 is 12.5. The zero-order valence-corrected chi connectivity index (χ0v) is 15.2. The SMILES string of the molecule is O=C(NNC(=O)C1COc2ccccc2O1)c1ccn(-c2ccccc2Cl)n1. The Hall–Kier alpha value is -3.52. The number of nitrogens with zero attached hydrogens (tertiary/aromatic N) is 2. The molecule has 0 spiro atoms. The van der Waals surface area contributed by atoms with Crippen molar-refractivity contribution in [1.82, 2.24) is 20.6 Å². The third kappa shape index (κ3) is 3.63. The Morgan fingerprint density at radius 3 is 2.61 bits per heavy atom. The normalized spacial score (nSPS) is 15.0. The number of hydrogen-bond donors (Lipinski definition) is 2. The fourth-order valence-electron chi connectivity index (χ4n) is 2.63. The lowest BCUT2D eigenvalue weighted by atomic mass is 10.2. The summed E-state index contributed by atoms with van der Waals surface area (Å²) in [4.78, 5) is 24.5. The van der Waals surface area contributed by atoms with Gasteiger partial charge in [0.05, 0.1) is 10.7 Å². The minimum Gasteiger partial charge on any atom is -0.485 e. The number of hydrogen-bond acceptors (Lipinski definition) is 5. The van der Waals surface area contributed by atoms with Crippen LogP contribution in [0.5, 0.6) is 11.5 Å². The second kappa shape index (κ2) is 7.61. The molecule has 1 atom stereocenters. The van der Waals surface area contributed by atoms with E-state index in [4.69, 9.17) is 21.1 Å². The Morgan fingerprint density at radius 1 is 1.04 bits per heavy atom. The van der Waals surface area contributed by atoms with E-state index in [1.165, 1.54) is 10.7 Å². The second-order valence-corrected chi connectivity index (χ2v) is 6.31. The topological polar surface area (TPSA) is 94.5 Å². The molecule has 8 nitrogen and oxygen atoms in total. The predicted octanol–water partition coefficient (Wildman–Crippen LogP) is 2.13. The van der Waals surface area contributed by atoms with Crippen molar-refractivity contribution < 1.29 is 19.1 Å². The van der Waals surface area contributed by atoms with E-state index in [1.54, 1.807) is 42.6 Å². The lowest BCUT2D eigenvalue weighted by Gasteiger charge is -2.25. The van der Waals surface area contributed by atoms with Gasteiger partial charge in [-0.1, -0.05) is 35.9 Å². The summed E-state index contributed by atoms with van der Waals surface area (Å²) in [5, 5.41) is 4.67. The van der Waals surface area contributed by atoms with E-state index in [0.717, 1.165) is 0 Å². The van der Waals surface area contributed by atoms with E-state index in [1.807, 2.05) is 12.1 Å². The van der Waals surface area contributed by atoms with Gasteiger partial charge in [-0.05, 0) is 30.3 Å². The molecule has 0 fully saturated rings. The first-order chi connectivity index (χ1) is 13.6. The van der Waals surface area contributed by atoms with Crippen LogP contribution in [0.25, 0.3) is 5.69 Å². The Kier molecular flexibility index (Phi) is 4.86. The molecule has 0 saturated carbocycles. The summed E-state index contributed by atoms with van der Waals surface area (Å²) in [6.07, 6.45) is 0.725. The van der Waals surface area contributed by atoms with Gasteiger partial charge in [0, 0.05) is 6.20 Å². The largest absolute Gasteiger partial charge is 0.485 e. The highest BCUT2D eigenvalue weighted by Crippen LogP contribution is 2.30. The molecule has 0 aliphatic carbocycles. The Labute approximate surface area is 165 Å². The van der Waals surface area contributed by atoms with Crippen LogP contribution in [0.2, 0.25) is 5.02 Å². The summed E-state index contributed by atoms with van der Waals surface area (Å²) in [7, 11) is 0. The van der Waals surface area contributed by atoms with E-state index >= 15 is 0 Å². The lowest BCUT2D eigenvalue weighted by Crippen LogP contribution is -2.50. The van der Waals surface area contributed by atoms with Gasteiger partial charge in [0.15, 0.2) is 17.2 Å². The minimum atomic E-state index is -0.879. The molecule has 2 amide bonds. The van der Waals surface area contributed by atoms with Crippen molar-refractivity contribution in [2.24, 2.45) is 0 Å². The number of ether oxygens (including phenoxy) is 2. The molecule has 2 N–H and O–H groups in total. The smallest absolute Gasteiger partial charge is 0.290 e. The van der Waals surface area contributed by atoms with Crippen molar-refractivity contribution in [1.29, 1.82) is 0 Å². The molecule has 3 aromatic rings. The Bertz CT molecular complexity index is 1040. The molecular formula is C19H15ClN4O4. The number of carbonyl (C=O) groups is 2. The molecule has 2 aromatic carbocycles. The quantitative estimate of drug-likeness (QED) is 0.659. The molecule has 0 saturated heterocycles. The highest BCUT2D eigenvalue weighted by atomic mass is 35.5. The van der Waals surface area contributed by atoms with Crippen molar-refractivity contribution >= 4 is 23.4 Å². The summed E-state index contributed by atoms with van der Waals surface area (Å²) in [5.41, 5.74) is 5.39. The van der Waals surface area contributed by atoms with Gasteiger partial charge in [-0.3, -0.25) is 20.4 Å². The Morgan fingerprint density at radius 2 is 1.79 bits per heavy atom. The van der Waals surface area contributed by atoms with Crippen LogP contribution >= 0.6 is 11.6 Å². The molecule has 2 heterocycles. The zero-order valence-electron chi connectivity index (χ0n) is 14.5. The molecule has 1 aromatic heterocycles. The molecule has 142 valence electrons. The van der Waals surface area contributed by atoms with E-state index in [-0.39, 0.29) is 12.3 Å². The molecule has 1 aliphatic rings. The van der Waals surface area contributed by atoms with Crippen LogP contribution in [0.1, 0.15) is 10.5 Å². The van der Waals surface area contributed by atoms with Crippen LogP contribution in [-0.4, -0.2) is 34.3 Å². The van der Waals surface area contributed by atoms with Gasteiger partial charge in [0.1, 0.15) is 6.61 Å². The zero-order chi connectivity index (χ0) is 19.5. The van der Waals surface area contributed by atoms with Crippen LogP contribution in [0.15, 0.2) is 60.8 Å². The molecule has 0 bridgehead atoms. The fourth-order valence-corrected chi connectivity index (χ4v) is 2.85. The minimum absolute atomic E-state index is 0.0415. The van der Waals surface area contributed by atoms with Crippen molar-refractivity contribution in [2.75, 3.05) is 6.61 Å². The monoisotopic (exact) mass is 398 g/mol. The van der Waals surface area contributed by atoms with Gasteiger partial charge < -0.3 is 9.47 Å². The first-order valence-corrected chi connectivity index (χ1v) is 8.79. The van der Waals surface area contributed by atoms with Crippen molar-refractivity contribution in [3.05, 3.63) is 71.5 Å². The number of amides is 2. The van der Waals surface area contributed by atoms with Gasteiger partial charge in [-0.25, -0.2) is 4.68 Å². The van der Waals surface area contributed by atoms with E-state index in [0.29, 0.717) is 22.2 Å². The number of para-hydroxylation sites is 3. The van der Waals surface area contributed by atoms with Crippen molar-refractivity contribution in [3.8, 4) is 17.2 Å². The Balaban J connectivity index is 1.36. The third-order valence-electron chi connectivity index (χ3n) is 4.02. The number of rotatable bonds is 3. The summed E-state index contributed by atoms with van der Waals surface area (Å²) in [5.74, 6) is -0.0657. The number of fused-ring (bicyclic) bond motifs is 1. The van der Waals surface area contributed by atoms with Gasteiger partial charge in [0.2, 0.25) is 6.10 Å². The van der Waals surface area contributed by atoms with Crippen molar-refractivity contribution in [3.63, 3.8) is 0 Å². The lowest BCUT2D eigenvalue weighted by molar-refractivity contribution is -0.131. The maximum Gasteiger partial charge on any atom is 0.290 e. The van der Waals surface area contributed by atoms with Gasteiger partial charge in [0.25, 0.3) is 11.8 Å². The van der Waals surface area contributed by atoms with Crippen LogP contribution in [0, 0.1) is 0 Å². The van der Waals surface area contributed by atoms with Gasteiger partial charge >= 0.3 is 0 Å². The van der Waals surface area contributed by atoms with E-state index < -0.39 is 17.9 Å². The van der Waals surface area contributed by atoms with Crippen LogP contribution < -0.4 is 20.3 Å². The number of hydrazine groups is 1. The molecule has 9 heteroatoms. The average molecular weight is 399 g/mol. The number of carbonyl (C=O) groups excluding carboxylic acids is 2. The summed E-state index contributed by atoms with van der Waals surface area (Å²) in [6, 6.07) is 15.7. The molecular weight excluding hydrogens is 384 g/mol. The number of benzene rings is 2. The number of halogens is 1. The number of aromatic nitrogens is 2. The third-order valence-corrected chi connectivity index (χ3v) is 4.34. The van der Waals surface area contributed by atoms with E-state index in [9.17, 15) is 9.59 Å². The first-order valence-electron chi connectivity index (χ1n) is 8.41. The van der Waals surface area contributed by atoms with Crippen molar-refractivity contribution in [2.45, 2.75) is 6.10 Å². The summed E-state index contributed by atoms with van der Waals surface area (Å²) in [6.45, 7) is 0.0415. The molecule has 1 aliphatic heterocycles. The molecule has 0 radical (unpaired) electrons. The van der Waals surface area contributed by atoms with Crippen LogP contribution in [0.3, 0.4) is 0 Å². The maximum absolute atomic E-state index is 12.3. The second-order valence-electron chi connectivity index (χ2n) is 5.90. The molecule has 4 rings (SSSR count). The first kappa shape index (κ1) is 17.9. The summed E-state index contributed by atoms with van der Waals surface area (Å²) >= 11 is 6.13. The number of nitrogens with one attached hydrogen (secondary N) is 2. The van der Waals surface area contributed by atoms with Gasteiger partial charge in [-0.15, -0.1) is 0 Å². The van der Waals surface area contributed by atoms with Crippen LogP contribution in [0.4, 0.5) is 0 Å².